The zero-order valence-corrected chi connectivity index (χ0v) is 11.5. The summed E-state index contributed by atoms with van der Waals surface area (Å²) in [7, 11) is 2.02. The minimum Gasteiger partial charge on any atom is -0.313 e. The van der Waals surface area contributed by atoms with E-state index in [2.05, 4.69) is 54.9 Å². The minimum absolute atomic E-state index is 0.465. The lowest BCUT2D eigenvalue weighted by atomic mass is 10.00. The third kappa shape index (κ3) is 2.59. The highest BCUT2D eigenvalue weighted by Gasteiger charge is 2.07. The summed E-state index contributed by atoms with van der Waals surface area (Å²) in [5.41, 5.74) is 4.05. The van der Waals surface area contributed by atoms with E-state index >= 15 is 0 Å². The summed E-state index contributed by atoms with van der Waals surface area (Å²) >= 11 is 1.81. The number of benzene rings is 1. The first-order valence-electron chi connectivity index (χ1n) is 6.08. The summed E-state index contributed by atoms with van der Waals surface area (Å²) < 4.78 is 0. The SMILES string of the molecule is CCC(NC)c1ccc(-c2ccsc2C)cc1. The van der Waals surface area contributed by atoms with Crippen LogP contribution in [0.5, 0.6) is 0 Å². The van der Waals surface area contributed by atoms with Crippen LogP contribution in [-0.2, 0) is 0 Å². The van der Waals surface area contributed by atoms with E-state index in [1.54, 1.807) is 11.3 Å². The Kier molecular flexibility index (Phi) is 3.97. The normalized spacial score (nSPS) is 12.6. The zero-order valence-electron chi connectivity index (χ0n) is 10.7. The van der Waals surface area contributed by atoms with Crippen LogP contribution in [0.25, 0.3) is 11.1 Å². The number of hydrogen-bond acceptors (Lipinski definition) is 2. The lowest BCUT2D eigenvalue weighted by Gasteiger charge is -2.14. The average molecular weight is 245 g/mol. The first-order valence-corrected chi connectivity index (χ1v) is 6.96. The minimum atomic E-state index is 0.465. The number of rotatable bonds is 4. The van der Waals surface area contributed by atoms with E-state index in [4.69, 9.17) is 0 Å². The fourth-order valence-electron chi connectivity index (χ4n) is 2.19. The van der Waals surface area contributed by atoms with Gasteiger partial charge in [0.15, 0.2) is 0 Å². The molecule has 1 N–H and O–H groups in total. The Hall–Kier alpha value is -1.12. The van der Waals surface area contributed by atoms with E-state index in [0.29, 0.717) is 6.04 Å². The number of thiophene rings is 1. The van der Waals surface area contributed by atoms with E-state index in [1.165, 1.54) is 21.6 Å². The van der Waals surface area contributed by atoms with Gasteiger partial charge in [-0.1, -0.05) is 31.2 Å². The van der Waals surface area contributed by atoms with E-state index in [-0.39, 0.29) is 0 Å². The highest BCUT2D eigenvalue weighted by Crippen LogP contribution is 2.28. The van der Waals surface area contributed by atoms with Crippen LogP contribution in [-0.4, -0.2) is 7.05 Å². The lowest BCUT2D eigenvalue weighted by Crippen LogP contribution is -2.14. The molecule has 0 radical (unpaired) electrons. The summed E-state index contributed by atoms with van der Waals surface area (Å²) in [5, 5.41) is 5.49. The van der Waals surface area contributed by atoms with Gasteiger partial charge in [-0.2, -0.15) is 0 Å². The van der Waals surface area contributed by atoms with E-state index in [1.807, 2.05) is 7.05 Å². The highest BCUT2D eigenvalue weighted by atomic mass is 32.1. The molecule has 0 fully saturated rings. The molecule has 1 aromatic carbocycles. The van der Waals surface area contributed by atoms with Gasteiger partial charge in [0.25, 0.3) is 0 Å². The van der Waals surface area contributed by atoms with Crippen molar-refractivity contribution in [1.29, 1.82) is 0 Å². The quantitative estimate of drug-likeness (QED) is 0.842. The summed E-state index contributed by atoms with van der Waals surface area (Å²) in [6.07, 6.45) is 1.12. The van der Waals surface area contributed by atoms with Crippen LogP contribution in [0.2, 0.25) is 0 Å². The summed E-state index contributed by atoms with van der Waals surface area (Å²) in [6.45, 7) is 4.38. The van der Waals surface area contributed by atoms with Crippen molar-refractivity contribution in [2.45, 2.75) is 26.3 Å². The van der Waals surface area contributed by atoms with Crippen LogP contribution in [0.4, 0.5) is 0 Å². The van der Waals surface area contributed by atoms with Gasteiger partial charge in [-0.3, -0.25) is 0 Å². The van der Waals surface area contributed by atoms with Crippen LogP contribution in [0, 0.1) is 6.92 Å². The van der Waals surface area contributed by atoms with Crippen LogP contribution in [0.3, 0.4) is 0 Å². The summed E-state index contributed by atoms with van der Waals surface area (Å²) in [5.74, 6) is 0. The Labute approximate surface area is 108 Å². The molecule has 0 spiro atoms. The average Bonchev–Trinajstić information content (AvgIpc) is 2.78. The van der Waals surface area contributed by atoms with E-state index < -0.39 is 0 Å². The monoisotopic (exact) mass is 245 g/mol. The second kappa shape index (κ2) is 5.48. The van der Waals surface area contributed by atoms with Crippen molar-refractivity contribution in [3.63, 3.8) is 0 Å². The molecule has 0 aliphatic carbocycles. The van der Waals surface area contributed by atoms with Gasteiger partial charge in [-0.05, 0) is 48.5 Å². The molecule has 17 heavy (non-hydrogen) atoms. The van der Waals surface area contributed by atoms with Crippen molar-refractivity contribution in [1.82, 2.24) is 5.32 Å². The topological polar surface area (TPSA) is 12.0 Å². The molecule has 0 bridgehead atoms. The molecule has 1 heterocycles. The molecule has 2 aromatic rings. The van der Waals surface area contributed by atoms with Gasteiger partial charge in [-0.15, -0.1) is 11.3 Å². The van der Waals surface area contributed by atoms with Crippen molar-refractivity contribution in [2.75, 3.05) is 7.05 Å². The van der Waals surface area contributed by atoms with Gasteiger partial charge in [-0.25, -0.2) is 0 Å². The molecular weight excluding hydrogens is 226 g/mol. The van der Waals surface area contributed by atoms with E-state index in [0.717, 1.165) is 6.42 Å². The van der Waals surface area contributed by atoms with Crippen molar-refractivity contribution in [3.05, 3.63) is 46.2 Å². The predicted octanol–water partition coefficient (Wildman–Crippen LogP) is 4.39. The van der Waals surface area contributed by atoms with Gasteiger partial charge in [0, 0.05) is 10.9 Å². The Bertz CT molecular complexity index is 466. The Morgan fingerprint density at radius 2 is 1.88 bits per heavy atom. The van der Waals surface area contributed by atoms with E-state index in [9.17, 15) is 0 Å². The molecule has 0 amide bonds. The third-order valence-corrected chi connectivity index (χ3v) is 4.09. The van der Waals surface area contributed by atoms with Gasteiger partial charge in [0.2, 0.25) is 0 Å². The zero-order chi connectivity index (χ0) is 12.3. The molecule has 0 aliphatic rings. The van der Waals surface area contributed by atoms with Crippen molar-refractivity contribution >= 4 is 11.3 Å². The summed E-state index contributed by atoms with van der Waals surface area (Å²) in [4.78, 5) is 1.39. The standard InChI is InChI=1S/C15H19NS/c1-4-15(16-3)13-7-5-12(6-8-13)14-9-10-17-11(14)2/h5-10,15-16H,4H2,1-3H3. The Balaban J connectivity index is 2.27. The van der Waals surface area contributed by atoms with Crippen LogP contribution in [0.1, 0.15) is 29.8 Å². The highest BCUT2D eigenvalue weighted by molar-refractivity contribution is 7.10. The summed E-state index contributed by atoms with van der Waals surface area (Å²) in [6, 6.07) is 11.6. The van der Waals surface area contributed by atoms with Gasteiger partial charge in [0.1, 0.15) is 0 Å². The fourth-order valence-corrected chi connectivity index (χ4v) is 2.91. The van der Waals surface area contributed by atoms with Crippen LogP contribution in [0.15, 0.2) is 35.7 Å². The Morgan fingerprint density at radius 1 is 1.18 bits per heavy atom. The molecule has 1 unspecified atom stereocenters. The second-order valence-electron chi connectivity index (χ2n) is 4.26. The molecule has 0 saturated heterocycles. The predicted molar refractivity (Wildman–Crippen MR) is 76.6 cm³/mol. The second-order valence-corrected chi connectivity index (χ2v) is 5.38. The van der Waals surface area contributed by atoms with Gasteiger partial charge < -0.3 is 5.32 Å². The molecule has 2 rings (SSSR count). The first kappa shape index (κ1) is 12.3. The van der Waals surface area contributed by atoms with Crippen molar-refractivity contribution < 1.29 is 0 Å². The molecule has 90 valence electrons. The first-order chi connectivity index (χ1) is 8.26. The largest absolute Gasteiger partial charge is 0.313 e. The van der Waals surface area contributed by atoms with Gasteiger partial charge in [0.05, 0.1) is 0 Å². The number of aryl methyl sites for hydroxylation is 1. The third-order valence-electron chi connectivity index (χ3n) is 3.24. The van der Waals surface area contributed by atoms with Crippen LogP contribution < -0.4 is 5.32 Å². The smallest absolute Gasteiger partial charge is 0.0314 e. The Morgan fingerprint density at radius 3 is 2.35 bits per heavy atom. The maximum Gasteiger partial charge on any atom is 0.0314 e. The fraction of sp³-hybridized carbons (Fsp3) is 0.333. The van der Waals surface area contributed by atoms with Crippen molar-refractivity contribution in [3.8, 4) is 11.1 Å². The number of hydrogen-bond donors (Lipinski definition) is 1. The van der Waals surface area contributed by atoms with Gasteiger partial charge >= 0.3 is 0 Å². The molecule has 1 atom stereocenters. The molecule has 0 saturated carbocycles. The number of nitrogens with one attached hydrogen (secondary N) is 1. The maximum atomic E-state index is 3.34. The van der Waals surface area contributed by atoms with Crippen molar-refractivity contribution in [2.24, 2.45) is 0 Å². The lowest BCUT2D eigenvalue weighted by molar-refractivity contribution is 0.577. The maximum absolute atomic E-state index is 3.34. The molecule has 2 heteroatoms. The van der Waals surface area contributed by atoms with Crippen LogP contribution >= 0.6 is 11.3 Å². The molecular formula is C15H19NS. The molecule has 1 nitrogen and oxygen atoms in total. The molecule has 0 aliphatic heterocycles. The molecule has 1 aromatic heterocycles.